The molecule has 0 saturated carbocycles. The molecule has 0 radical (unpaired) electrons. The fraction of sp³-hybridized carbons (Fsp3) is 0.300. The molecule has 0 bridgehead atoms. The van der Waals surface area contributed by atoms with Gasteiger partial charge < -0.3 is 0 Å². The van der Waals surface area contributed by atoms with Gasteiger partial charge in [-0.2, -0.15) is 0 Å². The number of aromatic nitrogens is 2. The van der Waals surface area contributed by atoms with Crippen molar-refractivity contribution >= 4 is 66.7 Å². The maximum absolute atomic E-state index is 4.93. The maximum atomic E-state index is 4.93. The van der Waals surface area contributed by atoms with E-state index in [1.54, 1.807) is 4.40 Å². The number of hydrogen-bond acceptors (Lipinski definition) is 1. The van der Waals surface area contributed by atoms with Crippen LogP contribution in [0.2, 0.25) is 17.3 Å². The molecule has 0 N–H and O–H groups in total. The van der Waals surface area contributed by atoms with Gasteiger partial charge in [-0.15, -0.1) is 0 Å². The molecule has 3 heterocycles. The number of nitrogens with zero attached hydrogens (tertiary/aromatic N) is 2. The number of rotatable bonds is 2. The van der Waals surface area contributed by atoms with Crippen molar-refractivity contribution in [2.24, 2.45) is 5.41 Å². The van der Waals surface area contributed by atoms with E-state index >= 15 is 0 Å². The van der Waals surface area contributed by atoms with Gasteiger partial charge in [0.1, 0.15) is 0 Å². The van der Waals surface area contributed by atoms with Crippen molar-refractivity contribution in [3.63, 3.8) is 0 Å². The van der Waals surface area contributed by atoms with Crippen LogP contribution in [0.1, 0.15) is 31.9 Å². The molecular weight excluding hydrogens is 461 g/mol. The molecule has 6 aromatic rings. The minimum atomic E-state index is -2.04. The predicted molar refractivity (Wildman–Crippen MR) is 147 cm³/mol. The second-order valence-electron chi connectivity index (χ2n) is 12.1. The van der Waals surface area contributed by atoms with E-state index in [0.29, 0.717) is 0 Å². The van der Waals surface area contributed by atoms with E-state index in [1.807, 2.05) is 6.20 Å². The topological polar surface area (TPSA) is 17.3 Å². The molecule has 0 fully saturated rings. The number of aryl methyl sites for hydroxylation is 1. The fourth-order valence-corrected chi connectivity index (χ4v) is 8.03. The zero-order valence-corrected chi connectivity index (χ0v) is 22.9. The average Bonchev–Trinajstić information content (AvgIpc) is 3.03. The van der Waals surface area contributed by atoms with Gasteiger partial charge in [0.2, 0.25) is 0 Å². The summed E-state index contributed by atoms with van der Waals surface area (Å²) in [7, 11) is 0. The van der Waals surface area contributed by atoms with Crippen molar-refractivity contribution in [2.45, 2.75) is 51.4 Å². The Morgan fingerprint density at radius 2 is 1.61 bits per heavy atom. The van der Waals surface area contributed by atoms with Gasteiger partial charge >= 0.3 is 199 Å². The van der Waals surface area contributed by atoms with Crippen molar-refractivity contribution < 1.29 is 0 Å². The summed E-state index contributed by atoms with van der Waals surface area (Å²) in [4.78, 5) is 4.93. The van der Waals surface area contributed by atoms with Crippen LogP contribution in [0.15, 0.2) is 54.7 Å². The molecular formula is C30H32GeN2. The Morgan fingerprint density at radius 1 is 0.848 bits per heavy atom. The number of hydrogen-bond donors (Lipinski definition) is 0. The molecule has 0 spiro atoms. The Kier molecular flexibility index (Phi) is 4.28. The first-order valence-corrected chi connectivity index (χ1v) is 19.4. The molecule has 3 heteroatoms. The van der Waals surface area contributed by atoms with Crippen LogP contribution in [0.5, 0.6) is 0 Å². The molecule has 0 aliphatic heterocycles. The normalized spacial score (nSPS) is 13.4. The van der Waals surface area contributed by atoms with Gasteiger partial charge in [-0.05, 0) is 0 Å². The molecule has 166 valence electrons. The summed E-state index contributed by atoms with van der Waals surface area (Å²) in [5.41, 5.74) is 8.04. The monoisotopic (exact) mass is 494 g/mol. The first-order chi connectivity index (χ1) is 15.5. The van der Waals surface area contributed by atoms with E-state index in [0.717, 1.165) is 11.9 Å². The molecule has 0 amide bonds. The molecule has 33 heavy (non-hydrogen) atoms. The molecule has 0 aliphatic rings. The van der Waals surface area contributed by atoms with Gasteiger partial charge in [-0.3, -0.25) is 0 Å². The van der Waals surface area contributed by atoms with Crippen molar-refractivity contribution in [3.05, 3.63) is 65.9 Å². The van der Waals surface area contributed by atoms with Crippen LogP contribution < -0.4 is 4.40 Å². The second kappa shape index (κ2) is 6.73. The Hall–Kier alpha value is -2.59. The van der Waals surface area contributed by atoms with Gasteiger partial charge in [0.05, 0.1) is 0 Å². The fourth-order valence-electron chi connectivity index (χ4n) is 5.60. The van der Waals surface area contributed by atoms with Gasteiger partial charge in [0.25, 0.3) is 0 Å². The Bertz CT molecular complexity index is 1710. The van der Waals surface area contributed by atoms with Crippen molar-refractivity contribution in [3.8, 4) is 0 Å². The van der Waals surface area contributed by atoms with Gasteiger partial charge in [-0.1, -0.05) is 0 Å². The first kappa shape index (κ1) is 21.0. The third kappa shape index (κ3) is 3.18. The van der Waals surface area contributed by atoms with Crippen LogP contribution in [-0.4, -0.2) is 22.7 Å². The second-order valence-corrected chi connectivity index (χ2v) is 22.8. The van der Waals surface area contributed by atoms with Crippen LogP contribution in [0.4, 0.5) is 0 Å². The summed E-state index contributed by atoms with van der Waals surface area (Å²) in [6, 6.07) is 19.0. The van der Waals surface area contributed by atoms with E-state index in [2.05, 4.69) is 97.9 Å². The number of pyridine rings is 2. The van der Waals surface area contributed by atoms with E-state index in [1.165, 1.54) is 54.6 Å². The molecule has 3 aromatic heterocycles. The Balaban J connectivity index is 1.88. The number of fused-ring (bicyclic) bond motifs is 5. The summed E-state index contributed by atoms with van der Waals surface area (Å²) in [5.74, 6) is 7.45. The first-order valence-electron chi connectivity index (χ1n) is 12.0. The van der Waals surface area contributed by atoms with E-state index in [-0.39, 0.29) is 5.41 Å². The Morgan fingerprint density at radius 3 is 2.33 bits per heavy atom. The zero-order valence-electron chi connectivity index (χ0n) is 20.8. The summed E-state index contributed by atoms with van der Waals surface area (Å²) in [5, 5.41) is 6.59. The average molecular weight is 493 g/mol. The van der Waals surface area contributed by atoms with Crippen LogP contribution in [-0.2, 0) is 6.42 Å². The zero-order chi connectivity index (χ0) is 23.3. The third-order valence-electron chi connectivity index (χ3n) is 7.01. The predicted octanol–water partition coefficient (Wildman–Crippen LogP) is 7.83. The summed E-state index contributed by atoms with van der Waals surface area (Å²) in [6.07, 6.45) is 3.07. The van der Waals surface area contributed by atoms with Gasteiger partial charge in [-0.25, -0.2) is 0 Å². The number of benzene rings is 3. The van der Waals surface area contributed by atoms with E-state index in [9.17, 15) is 0 Å². The van der Waals surface area contributed by atoms with Crippen molar-refractivity contribution in [1.29, 1.82) is 0 Å². The molecule has 0 saturated heterocycles. The van der Waals surface area contributed by atoms with Gasteiger partial charge in [0, 0.05) is 0 Å². The quantitative estimate of drug-likeness (QED) is 0.137. The van der Waals surface area contributed by atoms with Crippen molar-refractivity contribution in [1.82, 2.24) is 9.38 Å². The van der Waals surface area contributed by atoms with Gasteiger partial charge in [0.15, 0.2) is 0 Å². The van der Waals surface area contributed by atoms with Crippen LogP contribution in [0.3, 0.4) is 0 Å². The summed E-state index contributed by atoms with van der Waals surface area (Å²) >= 11 is -2.04. The summed E-state index contributed by atoms with van der Waals surface area (Å²) < 4.78 is 4.08. The molecule has 3 aromatic carbocycles. The SMILES string of the molecule is Cc1cc2c3cc(CC(C)(C)C)ccc3n3c4c[c]([Ge]([CH3])([CH3])[CH3])cc5ccnc(c(c1)c23)c54. The standard InChI is InChI=1S/C30H32GeN2/c1-18-12-23-22-14-19(17-30(2,3)4)8-9-25(22)33-26-16-21(31(5,6)7)15-20-10-11-32-28(27(20)26)24(13-18)29(23)33/h8-16H,17H2,1-7H3. The van der Waals surface area contributed by atoms with E-state index in [4.69, 9.17) is 4.98 Å². The van der Waals surface area contributed by atoms with E-state index < -0.39 is 13.3 Å². The van der Waals surface area contributed by atoms with Crippen LogP contribution in [0.25, 0.3) is 49.0 Å². The molecule has 0 unspecified atom stereocenters. The molecule has 2 nitrogen and oxygen atoms in total. The summed E-state index contributed by atoms with van der Waals surface area (Å²) in [6.45, 7) is 9.17. The van der Waals surface area contributed by atoms with Crippen molar-refractivity contribution in [2.75, 3.05) is 0 Å². The van der Waals surface area contributed by atoms with Crippen LogP contribution in [0, 0.1) is 12.3 Å². The molecule has 0 aliphatic carbocycles. The Labute approximate surface area is 198 Å². The minimum absolute atomic E-state index is 0.265. The van der Waals surface area contributed by atoms with Crippen LogP contribution >= 0.6 is 0 Å². The third-order valence-corrected chi connectivity index (χ3v) is 11.2. The molecule has 0 atom stereocenters. The molecule has 6 rings (SSSR count).